The summed E-state index contributed by atoms with van der Waals surface area (Å²) in [5.74, 6) is -1.36. The molecular formula is C22H18N4O5. The normalized spacial score (nSPS) is 10.9. The number of carboxylic acid groups (broad SMARTS) is 1. The lowest BCUT2D eigenvalue weighted by atomic mass is 9.99. The van der Waals surface area contributed by atoms with Gasteiger partial charge in [0.1, 0.15) is 11.3 Å². The Morgan fingerprint density at radius 2 is 1.77 bits per heavy atom. The second kappa shape index (κ2) is 7.86. The number of benzene rings is 2. The number of hydrogen-bond donors (Lipinski definition) is 2. The Kier molecular flexibility index (Phi) is 5.08. The summed E-state index contributed by atoms with van der Waals surface area (Å²) in [6.07, 6.45) is 0. The topological polar surface area (TPSA) is 127 Å². The minimum Gasteiger partial charge on any atom is -0.491 e. The van der Waals surface area contributed by atoms with Gasteiger partial charge in [-0.2, -0.15) is 0 Å². The second-order valence-corrected chi connectivity index (χ2v) is 6.91. The van der Waals surface area contributed by atoms with Gasteiger partial charge >= 0.3 is 11.9 Å². The number of aromatic carboxylic acids is 1. The highest BCUT2D eigenvalue weighted by atomic mass is 16.5. The van der Waals surface area contributed by atoms with Crippen LogP contribution in [0.15, 0.2) is 48.5 Å². The lowest BCUT2D eigenvalue weighted by Crippen LogP contribution is -2.06. The third kappa shape index (κ3) is 3.80. The van der Waals surface area contributed by atoms with Gasteiger partial charge in [-0.3, -0.25) is 4.79 Å². The van der Waals surface area contributed by atoms with E-state index in [0.717, 1.165) is 11.1 Å². The van der Waals surface area contributed by atoms with Gasteiger partial charge in [-0.05, 0) is 29.7 Å². The highest BCUT2D eigenvalue weighted by molar-refractivity contribution is 5.96. The fraction of sp³-hybridized carbons (Fsp3) is 0.136. The SMILES string of the molecule is CC(=O)Oc1nnc(O)c2c1nc(C)n2Cc1ccc(-c2ccccc2C(=O)O)cc1. The largest absolute Gasteiger partial charge is 0.491 e. The van der Waals surface area contributed by atoms with Crippen molar-refractivity contribution in [3.63, 3.8) is 0 Å². The fourth-order valence-electron chi connectivity index (χ4n) is 3.42. The Bertz CT molecular complexity index is 1310. The number of carbonyl (C=O) groups excluding carboxylic acids is 1. The van der Waals surface area contributed by atoms with E-state index in [1.54, 1.807) is 35.8 Å². The predicted octanol–water partition coefficient (Wildman–Crippen LogP) is 3.18. The lowest BCUT2D eigenvalue weighted by Gasteiger charge is -2.10. The molecule has 4 rings (SSSR count). The average Bonchev–Trinajstić information content (AvgIpc) is 3.07. The summed E-state index contributed by atoms with van der Waals surface area (Å²) in [4.78, 5) is 27.2. The van der Waals surface area contributed by atoms with Crippen molar-refractivity contribution in [1.29, 1.82) is 0 Å². The zero-order chi connectivity index (χ0) is 22.1. The standard InChI is InChI=1S/C22H18N4O5/c1-12-23-18-19(20(28)24-25-21(18)31-13(2)27)26(12)11-14-7-9-15(10-8-14)16-5-3-4-6-17(16)22(29)30/h3-10H,11H2,1-2H3,(H,24,28)(H,29,30). The van der Waals surface area contributed by atoms with Gasteiger partial charge in [0, 0.05) is 13.5 Å². The number of imidazole rings is 1. The van der Waals surface area contributed by atoms with Crippen molar-refractivity contribution < 1.29 is 24.5 Å². The average molecular weight is 418 g/mol. The van der Waals surface area contributed by atoms with Crippen molar-refractivity contribution >= 4 is 23.0 Å². The summed E-state index contributed by atoms with van der Waals surface area (Å²) in [5, 5.41) is 27.0. The van der Waals surface area contributed by atoms with Crippen molar-refractivity contribution in [2.75, 3.05) is 0 Å². The summed E-state index contributed by atoms with van der Waals surface area (Å²) >= 11 is 0. The van der Waals surface area contributed by atoms with Crippen LogP contribution < -0.4 is 4.74 Å². The molecule has 31 heavy (non-hydrogen) atoms. The lowest BCUT2D eigenvalue weighted by molar-refractivity contribution is -0.132. The number of aromatic nitrogens is 4. The third-order valence-electron chi connectivity index (χ3n) is 4.81. The smallest absolute Gasteiger partial charge is 0.336 e. The number of aryl methyl sites for hydroxylation is 1. The number of hydrogen-bond acceptors (Lipinski definition) is 7. The number of esters is 1. The Morgan fingerprint density at radius 3 is 2.45 bits per heavy atom. The second-order valence-electron chi connectivity index (χ2n) is 6.91. The summed E-state index contributed by atoms with van der Waals surface area (Å²) in [6.45, 7) is 3.37. The number of ether oxygens (including phenoxy) is 1. The van der Waals surface area contributed by atoms with Gasteiger partial charge in [0.2, 0.25) is 0 Å². The number of carbonyl (C=O) groups is 2. The first-order valence-corrected chi connectivity index (χ1v) is 9.37. The third-order valence-corrected chi connectivity index (χ3v) is 4.81. The molecule has 0 saturated carbocycles. The number of nitrogens with zero attached hydrogens (tertiary/aromatic N) is 4. The Hall–Kier alpha value is -4.27. The van der Waals surface area contributed by atoms with Gasteiger partial charge in [0.05, 0.1) is 5.56 Å². The first-order valence-electron chi connectivity index (χ1n) is 9.37. The Morgan fingerprint density at radius 1 is 1.06 bits per heavy atom. The van der Waals surface area contributed by atoms with Crippen LogP contribution in [0.25, 0.3) is 22.2 Å². The van der Waals surface area contributed by atoms with Crippen molar-refractivity contribution in [2.24, 2.45) is 0 Å². The molecule has 156 valence electrons. The van der Waals surface area contributed by atoms with Gasteiger partial charge in [0.25, 0.3) is 11.8 Å². The minimum atomic E-state index is -0.986. The molecule has 2 aromatic heterocycles. The fourth-order valence-corrected chi connectivity index (χ4v) is 3.42. The predicted molar refractivity (Wildman–Crippen MR) is 111 cm³/mol. The first-order chi connectivity index (χ1) is 14.8. The van der Waals surface area contributed by atoms with E-state index in [-0.39, 0.29) is 22.8 Å². The van der Waals surface area contributed by atoms with E-state index >= 15 is 0 Å². The highest BCUT2D eigenvalue weighted by Crippen LogP contribution is 2.30. The van der Waals surface area contributed by atoms with E-state index in [9.17, 15) is 19.8 Å². The summed E-state index contributed by atoms with van der Waals surface area (Å²) in [6, 6.07) is 14.2. The molecule has 0 atom stereocenters. The molecule has 9 nitrogen and oxygen atoms in total. The van der Waals surface area contributed by atoms with E-state index < -0.39 is 11.9 Å². The van der Waals surface area contributed by atoms with Crippen LogP contribution in [0.2, 0.25) is 0 Å². The van der Waals surface area contributed by atoms with Crippen LogP contribution in [0, 0.1) is 6.92 Å². The maximum absolute atomic E-state index is 11.5. The number of carboxylic acids is 1. The molecule has 2 aromatic carbocycles. The van der Waals surface area contributed by atoms with Crippen LogP contribution in [0.4, 0.5) is 0 Å². The molecule has 2 heterocycles. The van der Waals surface area contributed by atoms with Crippen LogP contribution in [0.5, 0.6) is 11.8 Å². The summed E-state index contributed by atoms with van der Waals surface area (Å²) < 4.78 is 6.79. The first kappa shape index (κ1) is 20.0. The monoisotopic (exact) mass is 418 g/mol. The van der Waals surface area contributed by atoms with Crippen LogP contribution in [-0.2, 0) is 11.3 Å². The van der Waals surface area contributed by atoms with Gasteiger partial charge in [-0.1, -0.05) is 42.5 Å². The van der Waals surface area contributed by atoms with E-state index in [4.69, 9.17) is 4.74 Å². The molecule has 9 heteroatoms. The molecule has 0 radical (unpaired) electrons. The molecule has 0 aliphatic heterocycles. The maximum Gasteiger partial charge on any atom is 0.336 e. The van der Waals surface area contributed by atoms with Crippen LogP contribution in [0.3, 0.4) is 0 Å². The number of rotatable bonds is 5. The Balaban J connectivity index is 1.70. The summed E-state index contributed by atoms with van der Waals surface area (Å²) in [5.41, 5.74) is 3.08. The minimum absolute atomic E-state index is 0.0669. The van der Waals surface area contributed by atoms with Crippen molar-refractivity contribution in [3.05, 3.63) is 65.5 Å². The van der Waals surface area contributed by atoms with Crippen molar-refractivity contribution in [2.45, 2.75) is 20.4 Å². The highest BCUT2D eigenvalue weighted by Gasteiger charge is 2.20. The molecule has 4 aromatic rings. The molecular weight excluding hydrogens is 400 g/mol. The van der Waals surface area contributed by atoms with Crippen LogP contribution in [0.1, 0.15) is 28.7 Å². The zero-order valence-corrected chi connectivity index (χ0v) is 16.7. The van der Waals surface area contributed by atoms with E-state index in [2.05, 4.69) is 15.2 Å². The van der Waals surface area contributed by atoms with Gasteiger partial charge in [-0.15, -0.1) is 10.2 Å². The van der Waals surface area contributed by atoms with Gasteiger partial charge in [-0.25, -0.2) is 9.78 Å². The number of aromatic hydroxyl groups is 1. The van der Waals surface area contributed by atoms with E-state index in [0.29, 0.717) is 23.4 Å². The molecule has 2 N–H and O–H groups in total. The van der Waals surface area contributed by atoms with E-state index in [1.165, 1.54) is 6.92 Å². The molecule has 0 saturated heterocycles. The molecule has 0 bridgehead atoms. The van der Waals surface area contributed by atoms with Crippen LogP contribution in [-0.4, -0.2) is 41.9 Å². The van der Waals surface area contributed by atoms with Crippen molar-refractivity contribution in [3.8, 4) is 22.9 Å². The molecule has 0 amide bonds. The molecule has 0 aliphatic rings. The summed E-state index contributed by atoms with van der Waals surface area (Å²) in [7, 11) is 0. The van der Waals surface area contributed by atoms with Gasteiger partial charge < -0.3 is 19.5 Å². The quantitative estimate of drug-likeness (QED) is 0.473. The zero-order valence-electron chi connectivity index (χ0n) is 16.7. The van der Waals surface area contributed by atoms with E-state index in [1.807, 2.05) is 24.3 Å². The Labute approximate surface area is 176 Å². The van der Waals surface area contributed by atoms with Crippen LogP contribution >= 0.6 is 0 Å². The van der Waals surface area contributed by atoms with Gasteiger partial charge in [0.15, 0.2) is 5.52 Å². The molecule has 0 aliphatic carbocycles. The molecule has 0 spiro atoms. The number of fused-ring (bicyclic) bond motifs is 1. The maximum atomic E-state index is 11.5. The van der Waals surface area contributed by atoms with Crippen molar-refractivity contribution in [1.82, 2.24) is 19.7 Å². The molecule has 0 unspecified atom stereocenters. The molecule has 0 fully saturated rings.